The van der Waals surface area contributed by atoms with E-state index in [1.165, 1.54) is 11.3 Å². The highest BCUT2D eigenvalue weighted by molar-refractivity contribution is 7.84. The molecule has 8 heteroatoms. The van der Waals surface area contributed by atoms with E-state index in [9.17, 15) is 4.21 Å². The number of nitrogens with zero attached hydrogens (tertiary/aromatic N) is 3. The predicted octanol–water partition coefficient (Wildman–Crippen LogP) is 4.32. The molecule has 0 amide bonds. The van der Waals surface area contributed by atoms with Gasteiger partial charge in [-0.05, 0) is 42.0 Å². The Balaban J connectivity index is 1.44. The molecule has 0 saturated heterocycles. The Bertz CT molecular complexity index is 1170. The number of nitrogen functional groups attached to an aromatic ring is 1. The van der Waals surface area contributed by atoms with Crippen molar-refractivity contribution in [1.29, 1.82) is 0 Å². The lowest BCUT2D eigenvalue weighted by Gasteiger charge is -2.05. The van der Waals surface area contributed by atoms with Crippen molar-refractivity contribution in [1.82, 2.24) is 15.0 Å². The molecule has 0 bridgehead atoms. The van der Waals surface area contributed by atoms with Gasteiger partial charge in [0.1, 0.15) is 0 Å². The Morgan fingerprint density at radius 1 is 1.04 bits per heavy atom. The van der Waals surface area contributed by atoms with Gasteiger partial charge in [0.25, 0.3) is 0 Å². The number of nitrogens with two attached hydrogens (primary N) is 1. The summed E-state index contributed by atoms with van der Waals surface area (Å²) in [6.45, 7) is 0. The second-order valence-corrected chi connectivity index (χ2v) is 8.50. The van der Waals surface area contributed by atoms with Crippen LogP contribution in [0.3, 0.4) is 0 Å². The van der Waals surface area contributed by atoms with Crippen molar-refractivity contribution in [2.75, 3.05) is 17.3 Å². The van der Waals surface area contributed by atoms with Crippen LogP contribution in [-0.2, 0) is 10.8 Å². The van der Waals surface area contributed by atoms with E-state index in [0.29, 0.717) is 11.1 Å². The first-order valence-electron chi connectivity index (χ1n) is 8.43. The fourth-order valence-electron chi connectivity index (χ4n) is 2.60. The summed E-state index contributed by atoms with van der Waals surface area (Å²) in [7, 11) is -0.988. The largest absolute Gasteiger partial charge is 0.375 e. The lowest BCUT2D eigenvalue weighted by molar-refractivity contribution is 0.687. The van der Waals surface area contributed by atoms with E-state index in [0.717, 1.165) is 31.9 Å². The minimum Gasteiger partial charge on any atom is -0.375 e. The number of hydrogen-bond acceptors (Lipinski definition) is 7. The molecule has 0 aliphatic carbocycles. The summed E-state index contributed by atoms with van der Waals surface area (Å²) in [5, 5.41) is 3.71. The molecule has 0 fully saturated rings. The average Bonchev–Trinajstić information content (AvgIpc) is 3.07. The summed E-state index contributed by atoms with van der Waals surface area (Å²) in [6, 6.07) is 13.4. The molecule has 4 rings (SSSR count). The van der Waals surface area contributed by atoms with Crippen LogP contribution in [0, 0.1) is 0 Å². The van der Waals surface area contributed by atoms with Gasteiger partial charge in [-0.1, -0.05) is 29.6 Å². The molecule has 3 N–H and O–H groups in total. The third-order valence-electron chi connectivity index (χ3n) is 4.01. The van der Waals surface area contributed by atoms with Gasteiger partial charge in [0, 0.05) is 45.6 Å². The Morgan fingerprint density at radius 3 is 2.46 bits per heavy atom. The summed E-state index contributed by atoms with van der Waals surface area (Å²) >= 11 is 1.48. The van der Waals surface area contributed by atoms with Crippen molar-refractivity contribution in [2.45, 2.75) is 4.90 Å². The van der Waals surface area contributed by atoms with E-state index in [4.69, 9.17) is 5.73 Å². The number of anilines is 3. The second-order valence-electron chi connectivity index (χ2n) is 6.06. The number of benzene rings is 2. The summed E-state index contributed by atoms with van der Waals surface area (Å²) in [4.78, 5) is 13.7. The monoisotopic (exact) mass is 407 g/mol. The van der Waals surface area contributed by atoms with Crippen molar-refractivity contribution in [3.63, 3.8) is 0 Å². The van der Waals surface area contributed by atoms with Crippen LogP contribution in [0.15, 0.2) is 59.8 Å². The number of fused-ring (bicyclic) bond motifs is 1. The van der Waals surface area contributed by atoms with E-state index < -0.39 is 10.8 Å². The van der Waals surface area contributed by atoms with E-state index >= 15 is 0 Å². The number of hydrogen-bond donors (Lipinski definition) is 2. The highest BCUT2D eigenvalue weighted by atomic mass is 32.2. The average molecular weight is 408 g/mol. The molecule has 0 saturated carbocycles. The zero-order valence-corrected chi connectivity index (χ0v) is 16.6. The molecule has 1 atom stereocenters. The first kappa shape index (κ1) is 18.3. The van der Waals surface area contributed by atoms with Gasteiger partial charge in [0.2, 0.25) is 5.95 Å². The Kier molecular flexibility index (Phi) is 5.14. The van der Waals surface area contributed by atoms with Crippen LogP contribution in [0.4, 0.5) is 16.8 Å². The van der Waals surface area contributed by atoms with Gasteiger partial charge in [-0.3, -0.25) is 4.21 Å². The Labute approximate surface area is 168 Å². The zero-order valence-electron chi connectivity index (χ0n) is 15.0. The van der Waals surface area contributed by atoms with Gasteiger partial charge in [-0.15, -0.1) is 0 Å². The number of thiazole rings is 1. The number of aromatic nitrogens is 3. The fourth-order valence-corrected chi connectivity index (χ4v) is 3.90. The molecule has 4 aromatic rings. The summed E-state index contributed by atoms with van der Waals surface area (Å²) < 4.78 is 12.5. The van der Waals surface area contributed by atoms with Gasteiger partial charge in [0.15, 0.2) is 5.13 Å². The van der Waals surface area contributed by atoms with Crippen molar-refractivity contribution in [2.24, 2.45) is 0 Å². The van der Waals surface area contributed by atoms with E-state index in [1.54, 1.807) is 18.6 Å². The maximum atomic E-state index is 11.4. The lowest BCUT2D eigenvalue weighted by atomic mass is 10.2. The molecular weight excluding hydrogens is 390 g/mol. The van der Waals surface area contributed by atoms with E-state index in [2.05, 4.69) is 26.3 Å². The van der Waals surface area contributed by atoms with Crippen molar-refractivity contribution >= 4 is 61.3 Å². The molecular formula is C20H17N5OS2. The molecule has 2 aromatic heterocycles. The molecule has 2 heterocycles. The van der Waals surface area contributed by atoms with Crippen molar-refractivity contribution in [3.05, 3.63) is 66.0 Å². The summed E-state index contributed by atoms with van der Waals surface area (Å²) in [6.07, 6.45) is 9.13. The van der Waals surface area contributed by atoms with Crippen LogP contribution < -0.4 is 11.1 Å². The van der Waals surface area contributed by atoms with Crippen molar-refractivity contribution in [3.8, 4) is 0 Å². The summed E-state index contributed by atoms with van der Waals surface area (Å²) in [5.74, 6) is 0.504. The van der Waals surface area contributed by atoms with Gasteiger partial charge >= 0.3 is 0 Å². The minimum atomic E-state index is -0.988. The standard InChI is InChI=1S/C20H17N5OS2/c1-28(26)16-7-5-15(6-8-16)24-20-22-11-14(12-23-20)3-2-13-4-9-17-18(10-13)27-19(21)25-17/h2-12H,1H3,(H2,21,25)(H,22,23,24)/b3-2+. The molecule has 0 radical (unpaired) electrons. The highest BCUT2D eigenvalue weighted by Gasteiger charge is 2.02. The Morgan fingerprint density at radius 2 is 1.75 bits per heavy atom. The van der Waals surface area contributed by atoms with Gasteiger partial charge in [-0.2, -0.15) is 0 Å². The normalized spacial score (nSPS) is 12.5. The second kappa shape index (κ2) is 7.87. The Hall–Kier alpha value is -3.10. The fraction of sp³-hybridized carbons (Fsp3) is 0.0500. The van der Waals surface area contributed by atoms with Crippen LogP contribution >= 0.6 is 11.3 Å². The molecule has 0 aliphatic heterocycles. The molecule has 0 spiro atoms. The van der Waals surface area contributed by atoms with Crippen LogP contribution in [0.2, 0.25) is 0 Å². The maximum absolute atomic E-state index is 11.4. The summed E-state index contributed by atoms with van der Waals surface area (Å²) in [5.41, 5.74) is 9.46. The molecule has 1 unspecified atom stereocenters. The van der Waals surface area contributed by atoms with Gasteiger partial charge < -0.3 is 11.1 Å². The van der Waals surface area contributed by atoms with E-state index in [1.807, 2.05) is 48.6 Å². The molecule has 0 aliphatic rings. The quantitative estimate of drug-likeness (QED) is 0.512. The topological polar surface area (TPSA) is 93.8 Å². The third kappa shape index (κ3) is 4.24. The molecule has 2 aromatic carbocycles. The number of nitrogens with one attached hydrogen (secondary N) is 1. The van der Waals surface area contributed by atoms with Gasteiger partial charge in [0.05, 0.1) is 10.2 Å². The van der Waals surface area contributed by atoms with Crippen LogP contribution in [0.1, 0.15) is 11.1 Å². The van der Waals surface area contributed by atoms with Crippen LogP contribution in [-0.4, -0.2) is 25.4 Å². The zero-order chi connectivity index (χ0) is 19.5. The lowest BCUT2D eigenvalue weighted by Crippen LogP contribution is -1.97. The van der Waals surface area contributed by atoms with Crippen LogP contribution in [0.5, 0.6) is 0 Å². The third-order valence-corrected chi connectivity index (χ3v) is 5.79. The maximum Gasteiger partial charge on any atom is 0.227 e. The highest BCUT2D eigenvalue weighted by Crippen LogP contribution is 2.25. The van der Waals surface area contributed by atoms with Crippen molar-refractivity contribution < 1.29 is 4.21 Å². The molecule has 6 nitrogen and oxygen atoms in total. The number of rotatable bonds is 5. The van der Waals surface area contributed by atoms with E-state index in [-0.39, 0.29) is 0 Å². The minimum absolute atomic E-state index is 0.504. The molecule has 140 valence electrons. The first-order chi connectivity index (χ1) is 13.6. The molecule has 28 heavy (non-hydrogen) atoms. The van der Waals surface area contributed by atoms with Crippen LogP contribution in [0.25, 0.3) is 22.4 Å². The first-order valence-corrected chi connectivity index (χ1v) is 10.8. The van der Waals surface area contributed by atoms with Gasteiger partial charge in [-0.25, -0.2) is 15.0 Å². The smallest absolute Gasteiger partial charge is 0.227 e. The predicted molar refractivity (Wildman–Crippen MR) is 117 cm³/mol. The SMILES string of the molecule is CS(=O)c1ccc(Nc2ncc(/C=C/c3ccc4nc(N)sc4c3)cn2)cc1.